The van der Waals surface area contributed by atoms with Crippen molar-refractivity contribution < 1.29 is 16.8 Å². The van der Waals surface area contributed by atoms with E-state index in [-0.39, 0.29) is 31.9 Å². The minimum atomic E-state index is -3.75. The number of pyridine rings is 1. The Kier molecular flexibility index (Phi) is 4.94. The molecule has 0 saturated carbocycles. The molecule has 0 bridgehead atoms. The maximum absolute atomic E-state index is 12.2. The van der Waals surface area contributed by atoms with Gasteiger partial charge in [-0.3, -0.25) is 4.98 Å². The van der Waals surface area contributed by atoms with E-state index in [1.165, 1.54) is 4.31 Å². The molecule has 0 aromatic carbocycles. The van der Waals surface area contributed by atoms with Crippen LogP contribution in [0.3, 0.4) is 0 Å². The van der Waals surface area contributed by atoms with Crippen LogP contribution in [0.25, 0.3) is 0 Å². The van der Waals surface area contributed by atoms with Gasteiger partial charge in [0, 0.05) is 38.6 Å². The summed E-state index contributed by atoms with van der Waals surface area (Å²) in [6, 6.07) is 3.54. The Morgan fingerprint density at radius 1 is 1.00 bits per heavy atom. The molecule has 0 atom stereocenters. The fraction of sp³-hybridized carbons (Fsp3) is 0.545. The predicted molar refractivity (Wildman–Crippen MR) is 78.0 cm³/mol. The van der Waals surface area contributed by atoms with Gasteiger partial charge in [-0.2, -0.15) is 17.0 Å². The second-order valence-corrected chi connectivity index (χ2v) is 8.40. The monoisotopic (exact) mass is 334 g/mol. The Morgan fingerprint density at radius 3 is 2.05 bits per heavy atom. The highest BCUT2D eigenvalue weighted by atomic mass is 32.2. The summed E-state index contributed by atoms with van der Waals surface area (Å²) in [5.74, 6) is -0.00755. The van der Waals surface area contributed by atoms with Gasteiger partial charge < -0.3 is 0 Å². The normalized spacial score (nSPS) is 18.7. The van der Waals surface area contributed by atoms with Gasteiger partial charge in [-0.1, -0.05) is 0 Å². The average molecular weight is 334 g/mol. The highest BCUT2D eigenvalue weighted by Crippen LogP contribution is 2.11. The van der Waals surface area contributed by atoms with Crippen molar-refractivity contribution in [2.24, 2.45) is 5.14 Å². The van der Waals surface area contributed by atoms with Crippen LogP contribution in [0.1, 0.15) is 5.56 Å². The summed E-state index contributed by atoms with van der Waals surface area (Å²) in [5, 5.41) is 5.02. The molecule has 2 heterocycles. The summed E-state index contributed by atoms with van der Waals surface area (Å²) in [6.45, 7) is 0.449. The second kappa shape index (κ2) is 6.36. The third kappa shape index (κ3) is 4.45. The molecule has 1 aliphatic heterocycles. The van der Waals surface area contributed by atoms with E-state index >= 15 is 0 Å². The second-order valence-electron chi connectivity index (χ2n) is 4.76. The van der Waals surface area contributed by atoms with Crippen molar-refractivity contribution in [3.8, 4) is 0 Å². The summed E-state index contributed by atoms with van der Waals surface area (Å²) in [6.07, 6.45) is 3.64. The fourth-order valence-corrected chi connectivity index (χ4v) is 4.27. The molecule has 118 valence electrons. The summed E-state index contributed by atoms with van der Waals surface area (Å²) >= 11 is 0. The molecule has 0 spiro atoms. The lowest BCUT2D eigenvalue weighted by Gasteiger charge is -2.32. The van der Waals surface area contributed by atoms with Crippen molar-refractivity contribution in [3.63, 3.8) is 0 Å². The third-order valence-corrected chi connectivity index (χ3v) is 6.31. The van der Waals surface area contributed by atoms with Crippen molar-refractivity contribution in [2.45, 2.75) is 6.42 Å². The minimum Gasteiger partial charge on any atom is -0.265 e. The average Bonchev–Trinajstić information content (AvgIpc) is 2.46. The van der Waals surface area contributed by atoms with Gasteiger partial charge in [-0.05, 0) is 24.1 Å². The molecule has 2 N–H and O–H groups in total. The van der Waals surface area contributed by atoms with Crippen LogP contribution in [0.2, 0.25) is 0 Å². The SMILES string of the molecule is NS(=O)(=O)N1CCN(S(=O)(=O)CCc2ccncc2)CC1. The van der Waals surface area contributed by atoms with Crippen LogP contribution in [0.15, 0.2) is 24.5 Å². The number of nitrogens with zero attached hydrogens (tertiary/aromatic N) is 3. The molecule has 1 aromatic rings. The molecule has 1 fully saturated rings. The first kappa shape index (κ1) is 16.3. The Morgan fingerprint density at radius 2 is 1.52 bits per heavy atom. The molecule has 1 saturated heterocycles. The van der Waals surface area contributed by atoms with Crippen molar-refractivity contribution >= 4 is 20.2 Å². The Balaban J connectivity index is 1.93. The smallest absolute Gasteiger partial charge is 0.265 e. The number of hydrogen-bond acceptors (Lipinski definition) is 5. The topological polar surface area (TPSA) is 114 Å². The van der Waals surface area contributed by atoms with Gasteiger partial charge in [-0.15, -0.1) is 0 Å². The van der Waals surface area contributed by atoms with Gasteiger partial charge in [0.2, 0.25) is 10.0 Å². The number of aromatic nitrogens is 1. The zero-order valence-corrected chi connectivity index (χ0v) is 13.1. The molecule has 21 heavy (non-hydrogen) atoms. The lowest BCUT2D eigenvalue weighted by atomic mass is 10.2. The zero-order chi connectivity index (χ0) is 15.5. The first-order valence-electron chi connectivity index (χ1n) is 6.44. The molecular formula is C11H18N4O4S2. The predicted octanol–water partition coefficient (Wildman–Crippen LogP) is -1.22. The maximum Gasteiger partial charge on any atom is 0.276 e. The molecule has 8 nitrogen and oxygen atoms in total. The van der Waals surface area contributed by atoms with Crippen LogP contribution in [-0.4, -0.2) is 62.4 Å². The molecule has 2 rings (SSSR count). The lowest BCUT2D eigenvalue weighted by Crippen LogP contribution is -2.52. The molecule has 0 radical (unpaired) electrons. The Bertz CT molecular complexity index is 667. The molecule has 0 amide bonds. The van der Waals surface area contributed by atoms with Crippen LogP contribution in [0.5, 0.6) is 0 Å². The summed E-state index contributed by atoms with van der Waals surface area (Å²) in [7, 11) is -7.14. The van der Waals surface area contributed by atoms with E-state index in [1.54, 1.807) is 24.5 Å². The molecule has 0 unspecified atom stereocenters. The van der Waals surface area contributed by atoms with E-state index < -0.39 is 20.2 Å². The molecule has 0 aliphatic carbocycles. The molecular weight excluding hydrogens is 316 g/mol. The number of rotatable bonds is 5. The number of piperazine rings is 1. The largest absolute Gasteiger partial charge is 0.276 e. The van der Waals surface area contributed by atoms with Crippen LogP contribution >= 0.6 is 0 Å². The first-order valence-corrected chi connectivity index (χ1v) is 9.55. The van der Waals surface area contributed by atoms with Gasteiger partial charge in [0.15, 0.2) is 0 Å². The van der Waals surface area contributed by atoms with E-state index in [2.05, 4.69) is 4.98 Å². The van der Waals surface area contributed by atoms with Gasteiger partial charge in [0.1, 0.15) is 0 Å². The van der Waals surface area contributed by atoms with Crippen LogP contribution in [0, 0.1) is 0 Å². The summed E-state index contributed by atoms with van der Waals surface area (Å²) < 4.78 is 49.2. The van der Waals surface area contributed by atoms with Crippen molar-refractivity contribution in [3.05, 3.63) is 30.1 Å². The molecule has 1 aliphatic rings. The van der Waals surface area contributed by atoms with E-state index in [4.69, 9.17) is 5.14 Å². The van der Waals surface area contributed by atoms with Crippen molar-refractivity contribution in [2.75, 3.05) is 31.9 Å². The Hall–Kier alpha value is -1.07. The number of aryl methyl sites for hydroxylation is 1. The molecule has 10 heteroatoms. The first-order chi connectivity index (χ1) is 9.79. The van der Waals surface area contributed by atoms with Gasteiger partial charge in [0.25, 0.3) is 10.2 Å². The number of nitrogens with two attached hydrogens (primary N) is 1. The van der Waals surface area contributed by atoms with Crippen molar-refractivity contribution in [1.29, 1.82) is 0 Å². The van der Waals surface area contributed by atoms with Crippen LogP contribution in [-0.2, 0) is 26.7 Å². The van der Waals surface area contributed by atoms with Crippen LogP contribution < -0.4 is 5.14 Å². The van der Waals surface area contributed by atoms with E-state index in [0.29, 0.717) is 6.42 Å². The van der Waals surface area contributed by atoms with Crippen LogP contribution in [0.4, 0.5) is 0 Å². The summed E-state index contributed by atoms with van der Waals surface area (Å²) in [4.78, 5) is 3.88. The van der Waals surface area contributed by atoms with Gasteiger partial charge >= 0.3 is 0 Å². The van der Waals surface area contributed by atoms with Gasteiger partial charge in [0.05, 0.1) is 5.75 Å². The summed E-state index contributed by atoms with van der Waals surface area (Å²) in [5.41, 5.74) is 0.900. The quantitative estimate of drug-likeness (QED) is 0.724. The number of hydrogen-bond donors (Lipinski definition) is 1. The zero-order valence-electron chi connectivity index (χ0n) is 11.4. The molecule has 1 aromatic heterocycles. The van der Waals surface area contributed by atoms with E-state index in [0.717, 1.165) is 9.87 Å². The lowest BCUT2D eigenvalue weighted by molar-refractivity contribution is 0.273. The minimum absolute atomic E-state index is 0.00755. The van der Waals surface area contributed by atoms with E-state index in [9.17, 15) is 16.8 Å². The maximum atomic E-state index is 12.2. The standard InChI is InChI=1S/C11H18N4O4S2/c12-21(18,19)15-8-6-14(7-9-15)20(16,17)10-3-11-1-4-13-5-2-11/h1-2,4-5H,3,6-10H2,(H2,12,18,19). The van der Waals surface area contributed by atoms with Gasteiger partial charge in [-0.25, -0.2) is 13.6 Å². The highest BCUT2D eigenvalue weighted by molar-refractivity contribution is 7.89. The fourth-order valence-electron chi connectivity index (χ4n) is 2.13. The Labute approximate surface area is 124 Å². The highest BCUT2D eigenvalue weighted by Gasteiger charge is 2.30. The number of sulfonamides is 1. The van der Waals surface area contributed by atoms with E-state index in [1.807, 2.05) is 0 Å². The third-order valence-electron chi connectivity index (χ3n) is 3.35. The van der Waals surface area contributed by atoms with Crippen molar-refractivity contribution in [1.82, 2.24) is 13.6 Å².